The second-order valence-corrected chi connectivity index (χ2v) is 7.25. The number of benzene rings is 2. The van der Waals surface area contributed by atoms with Gasteiger partial charge in [0.25, 0.3) is 0 Å². The van der Waals surface area contributed by atoms with Crippen LogP contribution in [0.15, 0.2) is 60.8 Å². The minimum atomic E-state index is -0.432. The predicted molar refractivity (Wildman–Crippen MR) is 111 cm³/mol. The third kappa shape index (κ3) is 4.39. The molecule has 1 N–H and O–H groups in total. The lowest BCUT2D eigenvalue weighted by atomic mass is 10.1. The zero-order valence-electron chi connectivity index (χ0n) is 16.7. The van der Waals surface area contributed by atoms with Crippen LogP contribution in [0.4, 0.5) is 0 Å². The van der Waals surface area contributed by atoms with Gasteiger partial charge < -0.3 is 23.9 Å². The molecule has 0 saturated carbocycles. The maximum Gasteiger partial charge on any atom is 0.231 e. The fourth-order valence-corrected chi connectivity index (χ4v) is 3.69. The van der Waals surface area contributed by atoms with Gasteiger partial charge in [-0.2, -0.15) is 0 Å². The van der Waals surface area contributed by atoms with E-state index in [2.05, 4.69) is 15.5 Å². The van der Waals surface area contributed by atoms with E-state index in [1.807, 2.05) is 61.7 Å². The van der Waals surface area contributed by atoms with Gasteiger partial charge in [-0.15, -0.1) is 0 Å². The zero-order chi connectivity index (χ0) is 20.2. The van der Waals surface area contributed by atoms with Crippen molar-refractivity contribution in [3.63, 3.8) is 0 Å². The van der Waals surface area contributed by atoms with E-state index in [0.717, 1.165) is 34.2 Å². The minimum absolute atomic E-state index is 0.266. The molecule has 0 fully saturated rings. The van der Waals surface area contributed by atoms with Crippen molar-refractivity contribution in [1.82, 2.24) is 9.47 Å². The largest absolute Gasteiger partial charge is 0.495 e. The monoisotopic (exact) mass is 394 g/mol. The molecule has 1 aliphatic heterocycles. The van der Waals surface area contributed by atoms with Crippen LogP contribution in [0, 0.1) is 0 Å². The van der Waals surface area contributed by atoms with Gasteiger partial charge in [0.15, 0.2) is 11.5 Å². The smallest absolute Gasteiger partial charge is 0.231 e. The zero-order valence-corrected chi connectivity index (χ0v) is 16.7. The SMILES string of the molecule is COc1ccccc1-n1cccc1CN(Cc1ccc2c(c1)OCO2)CC(C)O. The molecule has 0 saturated heterocycles. The number of fused-ring (bicyclic) bond motifs is 1. The standard InChI is InChI=1S/C23H26N2O4/c1-17(26)13-24(14-18-9-10-22-23(12-18)29-16-28-22)15-19-6-5-11-25(19)20-7-3-4-8-21(20)27-2/h3-12,17,26H,13-16H2,1-2H3. The van der Waals surface area contributed by atoms with Crippen LogP contribution in [0.3, 0.4) is 0 Å². The van der Waals surface area contributed by atoms with Crippen molar-refractivity contribution in [1.29, 1.82) is 0 Å². The maximum absolute atomic E-state index is 10.0. The van der Waals surface area contributed by atoms with Crippen LogP contribution in [0.25, 0.3) is 5.69 Å². The van der Waals surface area contributed by atoms with Gasteiger partial charge >= 0.3 is 0 Å². The molecule has 152 valence electrons. The van der Waals surface area contributed by atoms with Crippen molar-refractivity contribution in [3.8, 4) is 22.9 Å². The highest BCUT2D eigenvalue weighted by molar-refractivity contribution is 5.48. The van der Waals surface area contributed by atoms with Gasteiger partial charge in [-0.1, -0.05) is 18.2 Å². The van der Waals surface area contributed by atoms with Crippen molar-refractivity contribution in [2.75, 3.05) is 20.4 Å². The van der Waals surface area contributed by atoms with Crippen LogP contribution in [0.5, 0.6) is 17.2 Å². The molecule has 1 atom stereocenters. The van der Waals surface area contributed by atoms with E-state index < -0.39 is 6.10 Å². The highest BCUT2D eigenvalue weighted by Crippen LogP contribution is 2.33. The summed E-state index contributed by atoms with van der Waals surface area (Å²) in [5.74, 6) is 2.38. The number of aliphatic hydroxyl groups excluding tert-OH is 1. The van der Waals surface area contributed by atoms with E-state index in [9.17, 15) is 5.11 Å². The normalized spacial score (nSPS) is 13.7. The van der Waals surface area contributed by atoms with Gasteiger partial charge in [0, 0.05) is 31.5 Å². The number of aliphatic hydroxyl groups is 1. The van der Waals surface area contributed by atoms with Crippen LogP contribution in [-0.2, 0) is 13.1 Å². The first-order valence-corrected chi connectivity index (χ1v) is 9.72. The van der Waals surface area contributed by atoms with Crippen molar-refractivity contribution >= 4 is 0 Å². The number of methoxy groups -OCH3 is 1. The number of ether oxygens (including phenoxy) is 3. The highest BCUT2D eigenvalue weighted by atomic mass is 16.7. The molecule has 6 heteroatoms. The van der Waals surface area contributed by atoms with E-state index in [4.69, 9.17) is 14.2 Å². The molecule has 1 aromatic heterocycles. The Balaban J connectivity index is 1.57. The number of hydrogen-bond acceptors (Lipinski definition) is 5. The first kappa shape index (κ1) is 19.4. The quantitative estimate of drug-likeness (QED) is 0.633. The lowest BCUT2D eigenvalue weighted by Crippen LogP contribution is -2.31. The number of rotatable bonds is 8. The molecule has 4 rings (SSSR count). The Bertz CT molecular complexity index is 967. The Morgan fingerprint density at radius 3 is 2.72 bits per heavy atom. The van der Waals surface area contributed by atoms with Gasteiger partial charge in [0.2, 0.25) is 6.79 Å². The van der Waals surface area contributed by atoms with Crippen LogP contribution in [-0.4, -0.2) is 41.1 Å². The number of nitrogens with zero attached hydrogens (tertiary/aromatic N) is 2. The summed E-state index contributed by atoms with van der Waals surface area (Å²) in [7, 11) is 1.68. The third-order valence-corrected chi connectivity index (χ3v) is 4.93. The third-order valence-electron chi connectivity index (χ3n) is 4.93. The molecule has 0 radical (unpaired) electrons. The molecule has 0 spiro atoms. The van der Waals surface area contributed by atoms with Crippen molar-refractivity contribution in [3.05, 3.63) is 72.1 Å². The second kappa shape index (κ2) is 8.59. The summed E-state index contributed by atoms with van der Waals surface area (Å²) >= 11 is 0. The fraction of sp³-hybridized carbons (Fsp3) is 0.304. The van der Waals surface area contributed by atoms with E-state index in [0.29, 0.717) is 19.6 Å². The molecule has 1 aliphatic rings. The number of aromatic nitrogens is 1. The van der Waals surface area contributed by atoms with E-state index in [1.54, 1.807) is 7.11 Å². The fourth-order valence-electron chi connectivity index (χ4n) is 3.69. The van der Waals surface area contributed by atoms with Crippen LogP contribution in [0.2, 0.25) is 0 Å². The van der Waals surface area contributed by atoms with Crippen molar-refractivity contribution < 1.29 is 19.3 Å². The summed E-state index contributed by atoms with van der Waals surface area (Å²) in [4.78, 5) is 2.23. The summed E-state index contributed by atoms with van der Waals surface area (Å²) < 4.78 is 18.6. The van der Waals surface area contributed by atoms with E-state index >= 15 is 0 Å². The molecule has 3 aromatic rings. The molecule has 6 nitrogen and oxygen atoms in total. The Morgan fingerprint density at radius 2 is 1.90 bits per heavy atom. The average Bonchev–Trinajstić information content (AvgIpc) is 3.36. The van der Waals surface area contributed by atoms with Gasteiger partial charge in [0.1, 0.15) is 5.75 Å². The van der Waals surface area contributed by atoms with E-state index in [-0.39, 0.29) is 6.79 Å². The summed E-state index contributed by atoms with van der Waals surface area (Å²) in [6.07, 6.45) is 1.60. The van der Waals surface area contributed by atoms with Crippen LogP contribution in [0.1, 0.15) is 18.2 Å². The van der Waals surface area contributed by atoms with Gasteiger partial charge in [-0.05, 0) is 48.9 Å². The molecule has 2 heterocycles. The van der Waals surface area contributed by atoms with Crippen LogP contribution < -0.4 is 14.2 Å². The number of para-hydroxylation sites is 2. The Kier molecular flexibility index (Phi) is 5.74. The minimum Gasteiger partial charge on any atom is -0.495 e. The lowest BCUT2D eigenvalue weighted by molar-refractivity contribution is 0.117. The molecular weight excluding hydrogens is 368 g/mol. The second-order valence-electron chi connectivity index (χ2n) is 7.25. The van der Waals surface area contributed by atoms with E-state index in [1.165, 1.54) is 0 Å². The van der Waals surface area contributed by atoms with Gasteiger partial charge in [0.05, 0.1) is 18.9 Å². The topological polar surface area (TPSA) is 56.1 Å². The lowest BCUT2D eigenvalue weighted by Gasteiger charge is -2.25. The molecule has 0 bridgehead atoms. The Morgan fingerprint density at radius 1 is 1.07 bits per heavy atom. The molecule has 29 heavy (non-hydrogen) atoms. The van der Waals surface area contributed by atoms with Crippen LogP contribution >= 0.6 is 0 Å². The maximum atomic E-state index is 10.0. The molecule has 0 aliphatic carbocycles. The van der Waals surface area contributed by atoms with Gasteiger partial charge in [-0.25, -0.2) is 0 Å². The number of hydrogen-bond donors (Lipinski definition) is 1. The molecular formula is C23H26N2O4. The molecule has 1 unspecified atom stereocenters. The first-order valence-electron chi connectivity index (χ1n) is 9.72. The average molecular weight is 394 g/mol. The Hall–Kier alpha value is -2.96. The summed E-state index contributed by atoms with van der Waals surface area (Å²) in [5.41, 5.74) is 3.23. The predicted octanol–water partition coefficient (Wildman–Crippen LogP) is 3.60. The molecule has 0 amide bonds. The molecule has 2 aromatic carbocycles. The van der Waals surface area contributed by atoms with Crippen molar-refractivity contribution in [2.24, 2.45) is 0 Å². The van der Waals surface area contributed by atoms with Gasteiger partial charge in [-0.3, -0.25) is 4.90 Å². The summed E-state index contributed by atoms with van der Waals surface area (Å²) in [6, 6.07) is 18.1. The first-order chi connectivity index (χ1) is 14.1. The highest BCUT2D eigenvalue weighted by Gasteiger charge is 2.17. The van der Waals surface area contributed by atoms with Crippen molar-refractivity contribution in [2.45, 2.75) is 26.1 Å². The summed E-state index contributed by atoms with van der Waals surface area (Å²) in [6.45, 7) is 4.02. The Labute approximate surface area is 170 Å². The summed E-state index contributed by atoms with van der Waals surface area (Å²) in [5, 5.41) is 10.0.